The maximum atomic E-state index is 12.4. The Kier molecular flexibility index (Phi) is 2.35. The van der Waals surface area contributed by atoms with Crippen LogP contribution in [0, 0.1) is 0 Å². The number of aromatic nitrogens is 4. The van der Waals surface area contributed by atoms with E-state index < -0.39 is 0 Å². The van der Waals surface area contributed by atoms with E-state index >= 15 is 0 Å². The molecule has 0 radical (unpaired) electrons. The van der Waals surface area contributed by atoms with Crippen LogP contribution in [-0.4, -0.2) is 19.9 Å². The Hall–Kier alpha value is -2.63. The fourth-order valence-electron chi connectivity index (χ4n) is 2.14. The predicted molar refractivity (Wildman–Crippen MR) is 71.7 cm³/mol. The molecule has 1 aromatic carbocycles. The Morgan fingerprint density at radius 3 is 2.80 bits per heavy atom. The number of rotatable bonds is 3. The van der Waals surface area contributed by atoms with Gasteiger partial charge in [0.15, 0.2) is 5.82 Å². The summed E-state index contributed by atoms with van der Waals surface area (Å²) in [5, 5.41) is 6.85. The Bertz CT molecular complexity index is 796. The summed E-state index contributed by atoms with van der Waals surface area (Å²) < 4.78 is 6.64. The van der Waals surface area contributed by atoms with Crippen LogP contribution in [0.4, 0.5) is 0 Å². The van der Waals surface area contributed by atoms with Crippen LogP contribution in [0.1, 0.15) is 24.6 Å². The van der Waals surface area contributed by atoms with Crippen molar-refractivity contribution in [3.8, 4) is 17.1 Å². The third-order valence-corrected chi connectivity index (χ3v) is 3.40. The van der Waals surface area contributed by atoms with Crippen molar-refractivity contribution in [1.82, 2.24) is 19.9 Å². The lowest BCUT2D eigenvalue weighted by Gasteiger charge is -1.98. The number of benzene rings is 1. The third kappa shape index (κ3) is 1.77. The van der Waals surface area contributed by atoms with Gasteiger partial charge in [-0.05, 0) is 25.0 Å². The molecule has 1 aliphatic carbocycles. The minimum absolute atomic E-state index is 0.192. The molecular formula is C14H12N4O2. The molecule has 1 fully saturated rings. The first-order valence-corrected chi connectivity index (χ1v) is 6.53. The number of hydrogen-bond donors (Lipinski definition) is 1. The first-order valence-electron chi connectivity index (χ1n) is 6.53. The van der Waals surface area contributed by atoms with Gasteiger partial charge in [0.1, 0.15) is 5.56 Å². The molecule has 1 saturated carbocycles. The van der Waals surface area contributed by atoms with Crippen LogP contribution in [0.5, 0.6) is 0 Å². The van der Waals surface area contributed by atoms with Crippen molar-refractivity contribution in [3.63, 3.8) is 0 Å². The summed E-state index contributed by atoms with van der Waals surface area (Å²) >= 11 is 0. The zero-order chi connectivity index (χ0) is 13.5. The number of hydrogen-bond acceptors (Lipinski definition) is 4. The number of nitrogens with one attached hydrogen (secondary N) is 1. The minimum atomic E-state index is -0.192. The molecule has 0 bridgehead atoms. The van der Waals surface area contributed by atoms with E-state index in [1.165, 1.54) is 4.68 Å². The first-order chi connectivity index (χ1) is 9.83. The van der Waals surface area contributed by atoms with Crippen molar-refractivity contribution in [2.45, 2.75) is 18.8 Å². The van der Waals surface area contributed by atoms with Crippen LogP contribution in [0.2, 0.25) is 0 Å². The molecule has 6 nitrogen and oxygen atoms in total. The molecular weight excluding hydrogens is 256 g/mol. The SMILES string of the molecule is O=c1c(-c2nc(C3CC3)no2)c[nH]n1-c1ccccc1. The zero-order valence-electron chi connectivity index (χ0n) is 10.6. The number of nitrogens with zero attached hydrogens (tertiary/aromatic N) is 3. The van der Waals surface area contributed by atoms with Crippen LogP contribution < -0.4 is 5.56 Å². The maximum Gasteiger partial charge on any atom is 0.284 e. The molecule has 4 rings (SSSR count). The number of para-hydroxylation sites is 1. The molecule has 20 heavy (non-hydrogen) atoms. The highest BCUT2D eigenvalue weighted by atomic mass is 16.5. The lowest BCUT2D eigenvalue weighted by atomic mass is 10.3. The largest absolute Gasteiger partial charge is 0.334 e. The van der Waals surface area contributed by atoms with Gasteiger partial charge in [-0.15, -0.1) is 0 Å². The maximum absolute atomic E-state index is 12.4. The van der Waals surface area contributed by atoms with Crippen molar-refractivity contribution in [1.29, 1.82) is 0 Å². The van der Waals surface area contributed by atoms with Crippen molar-refractivity contribution < 1.29 is 4.52 Å². The molecule has 2 aromatic heterocycles. The highest BCUT2D eigenvalue weighted by Crippen LogP contribution is 2.38. The van der Waals surface area contributed by atoms with Crippen LogP contribution in [0.25, 0.3) is 17.1 Å². The second-order valence-electron chi connectivity index (χ2n) is 4.90. The Labute approximate surface area is 114 Å². The van der Waals surface area contributed by atoms with Crippen molar-refractivity contribution in [2.24, 2.45) is 0 Å². The van der Waals surface area contributed by atoms with Crippen LogP contribution in [-0.2, 0) is 0 Å². The Morgan fingerprint density at radius 1 is 1.25 bits per heavy atom. The van der Waals surface area contributed by atoms with Crippen molar-refractivity contribution >= 4 is 0 Å². The smallest absolute Gasteiger partial charge is 0.284 e. The minimum Gasteiger partial charge on any atom is -0.334 e. The summed E-state index contributed by atoms with van der Waals surface area (Å²) in [6.07, 6.45) is 3.79. The van der Waals surface area contributed by atoms with E-state index in [4.69, 9.17) is 4.52 Å². The molecule has 0 spiro atoms. The lowest BCUT2D eigenvalue weighted by molar-refractivity contribution is 0.422. The molecule has 3 aromatic rings. The van der Waals surface area contributed by atoms with Gasteiger partial charge < -0.3 is 4.52 Å². The monoisotopic (exact) mass is 268 g/mol. The van der Waals surface area contributed by atoms with Crippen LogP contribution in [0.3, 0.4) is 0 Å². The molecule has 100 valence electrons. The lowest BCUT2D eigenvalue weighted by Crippen LogP contribution is -2.15. The zero-order valence-corrected chi connectivity index (χ0v) is 10.6. The predicted octanol–water partition coefficient (Wildman–Crippen LogP) is 2.09. The normalized spacial score (nSPS) is 14.6. The average molecular weight is 268 g/mol. The van der Waals surface area contributed by atoms with Gasteiger partial charge in [0.2, 0.25) is 0 Å². The molecule has 0 unspecified atom stereocenters. The van der Waals surface area contributed by atoms with E-state index in [-0.39, 0.29) is 11.4 Å². The number of H-pyrrole nitrogens is 1. The Morgan fingerprint density at radius 2 is 2.05 bits per heavy atom. The van der Waals surface area contributed by atoms with Crippen LogP contribution in [0.15, 0.2) is 45.8 Å². The van der Waals surface area contributed by atoms with E-state index in [1.807, 2.05) is 30.3 Å². The molecule has 0 aliphatic heterocycles. The third-order valence-electron chi connectivity index (χ3n) is 3.40. The molecule has 2 heterocycles. The topological polar surface area (TPSA) is 76.7 Å². The van der Waals surface area contributed by atoms with E-state index in [9.17, 15) is 4.79 Å². The number of aromatic amines is 1. The van der Waals surface area contributed by atoms with Gasteiger partial charge in [-0.1, -0.05) is 23.4 Å². The summed E-state index contributed by atoms with van der Waals surface area (Å²) in [6.45, 7) is 0. The van der Waals surface area contributed by atoms with E-state index in [0.717, 1.165) is 18.5 Å². The van der Waals surface area contributed by atoms with Crippen LogP contribution >= 0.6 is 0 Å². The molecule has 1 aliphatic rings. The van der Waals surface area contributed by atoms with Gasteiger partial charge in [0.25, 0.3) is 11.4 Å². The van der Waals surface area contributed by atoms with Gasteiger partial charge in [-0.25, -0.2) is 4.68 Å². The standard InChI is InChI=1S/C14H12N4O2/c19-14-11(13-16-12(17-20-13)9-6-7-9)8-15-18(14)10-4-2-1-3-5-10/h1-5,8-9,15H,6-7H2. The molecule has 0 atom stereocenters. The molecule has 6 heteroatoms. The van der Waals surface area contributed by atoms with Gasteiger partial charge in [0, 0.05) is 12.1 Å². The van der Waals surface area contributed by atoms with E-state index in [0.29, 0.717) is 17.3 Å². The summed E-state index contributed by atoms with van der Waals surface area (Å²) in [4.78, 5) is 16.7. The highest BCUT2D eigenvalue weighted by Gasteiger charge is 2.29. The molecule has 0 amide bonds. The van der Waals surface area contributed by atoms with E-state index in [1.54, 1.807) is 6.20 Å². The second kappa shape index (κ2) is 4.19. The van der Waals surface area contributed by atoms with Crippen molar-refractivity contribution in [2.75, 3.05) is 0 Å². The van der Waals surface area contributed by atoms with Crippen molar-refractivity contribution in [3.05, 3.63) is 52.7 Å². The van der Waals surface area contributed by atoms with E-state index in [2.05, 4.69) is 15.2 Å². The quantitative estimate of drug-likeness (QED) is 0.789. The van der Waals surface area contributed by atoms with Gasteiger partial charge in [-0.2, -0.15) is 4.98 Å². The molecule has 0 saturated heterocycles. The Balaban J connectivity index is 1.76. The fraction of sp³-hybridized carbons (Fsp3) is 0.214. The van der Waals surface area contributed by atoms with Gasteiger partial charge in [0.05, 0.1) is 5.69 Å². The summed E-state index contributed by atoms with van der Waals surface area (Å²) in [5.74, 6) is 1.39. The fourth-order valence-corrected chi connectivity index (χ4v) is 2.14. The second-order valence-corrected chi connectivity index (χ2v) is 4.90. The summed E-state index contributed by atoms with van der Waals surface area (Å²) in [7, 11) is 0. The first kappa shape index (κ1) is 11.2. The summed E-state index contributed by atoms with van der Waals surface area (Å²) in [5.41, 5.74) is 0.973. The summed E-state index contributed by atoms with van der Waals surface area (Å²) in [6, 6.07) is 9.36. The van der Waals surface area contributed by atoms with Gasteiger partial charge >= 0.3 is 0 Å². The highest BCUT2D eigenvalue weighted by molar-refractivity contribution is 5.51. The molecule has 1 N–H and O–H groups in total. The average Bonchev–Trinajstić information content (AvgIpc) is 3.09. The van der Waals surface area contributed by atoms with Gasteiger partial charge in [-0.3, -0.25) is 9.89 Å².